The number of hydrogen-bond acceptors (Lipinski definition) is 6. The summed E-state index contributed by atoms with van der Waals surface area (Å²) in [6.07, 6.45) is -5.14. The van der Waals surface area contributed by atoms with E-state index in [1.54, 1.807) is 4.90 Å². The van der Waals surface area contributed by atoms with Crippen LogP contribution in [0.2, 0.25) is 0 Å². The van der Waals surface area contributed by atoms with Crippen LogP contribution in [-0.4, -0.2) is 76.0 Å². The molecule has 0 aromatic heterocycles. The number of nitrogens with zero attached hydrogens (tertiary/aromatic N) is 1. The molecule has 4 atom stereocenters. The second kappa shape index (κ2) is 10.4. The maximum absolute atomic E-state index is 12.9. The SMILES string of the molecule is OC[C@@H]1[C@@H](O)[C@H](O)[C@@H](O)CN1CCCCCCOc1ccccc1C(F)(F)F. The molecule has 1 aromatic rings. The number of likely N-dealkylation sites (tertiary alicyclic amines) is 1. The Morgan fingerprint density at radius 2 is 1.68 bits per heavy atom. The summed E-state index contributed by atoms with van der Waals surface area (Å²) in [4.78, 5) is 1.75. The van der Waals surface area contributed by atoms with Gasteiger partial charge >= 0.3 is 6.18 Å². The predicted octanol–water partition coefficient (Wildman–Crippen LogP) is 1.40. The molecule has 1 aliphatic heterocycles. The summed E-state index contributed by atoms with van der Waals surface area (Å²) in [6, 6.07) is 4.49. The summed E-state index contributed by atoms with van der Waals surface area (Å²) < 4.78 is 43.9. The van der Waals surface area contributed by atoms with Crippen molar-refractivity contribution in [2.24, 2.45) is 0 Å². The summed E-state index contributed by atoms with van der Waals surface area (Å²) in [6.45, 7) is 0.557. The van der Waals surface area contributed by atoms with Gasteiger partial charge in [0, 0.05) is 6.54 Å². The van der Waals surface area contributed by atoms with Gasteiger partial charge in [0.2, 0.25) is 0 Å². The van der Waals surface area contributed by atoms with Crippen LogP contribution in [0.5, 0.6) is 5.75 Å². The average Bonchev–Trinajstić information content (AvgIpc) is 2.65. The van der Waals surface area contributed by atoms with Crippen molar-refractivity contribution in [2.45, 2.75) is 56.2 Å². The van der Waals surface area contributed by atoms with Crippen LogP contribution in [0, 0.1) is 0 Å². The largest absolute Gasteiger partial charge is 0.493 e. The number of aliphatic hydroxyl groups excluding tert-OH is 4. The second-order valence-corrected chi connectivity index (χ2v) is 7.05. The minimum atomic E-state index is -4.45. The molecule has 4 N–H and O–H groups in total. The van der Waals surface area contributed by atoms with Crippen molar-refractivity contribution >= 4 is 0 Å². The molecule has 0 saturated carbocycles. The average molecular weight is 407 g/mol. The smallest absolute Gasteiger partial charge is 0.419 e. The zero-order valence-electron chi connectivity index (χ0n) is 15.6. The van der Waals surface area contributed by atoms with E-state index in [1.165, 1.54) is 18.2 Å². The molecular formula is C19H28F3NO5. The first-order valence-corrected chi connectivity index (χ1v) is 9.44. The van der Waals surface area contributed by atoms with Crippen LogP contribution in [0.25, 0.3) is 0 Å². The molecule has 1 saturated heterocycles. The van der Waals surface area contributed by atoms with Gasteiger partial charge in [-0.3, -0.25) is 4.90 Å². The number of alkyl halides is 3. The maximum atomic E-state index is 12.9. The van der Waals surface area contributed by atoms with E-state index in [9.17, 15) is 33.6 Å². The molecule has 0 radical (unpaired) electrons. The van der Waals surface area contributed by atoms with Gasteiger partial charge in [0.25, 0.3) is 0 Å². The number of unbranched alkanes of at least 4 members (excludes halogenated alkanes) is 3. The number of benzene rings is 1. The van der Waals surface area contributed by atoms with Gasteiger partial charge in [0.05, 0.1) is 30.9 Å². The van der Waals surface area contributed by atoms with Crippen LogP contribution in [0.15, 0.2) is 24.3 Å². The van der Waals surface area contributed by atoms with Crippen molar-refractivity contribution in [3.63, 3.8) is 0 Å². The molecule has 6 nitrogen and oxygen atoms in total. The van der Waals surface area contributed by atoms with E-state index < -0.39 is 36.1 Å². The molecule has 1 aliphatic rings. The van der Waals surface area contributed by atoms with Gasteiger partial charge in [-0.15, -0.1) is 0 Å². The Bertz CT molecular complexity index is 601. The third-order valence-corrected chi connectivity index (χ3v) is 5.01. The number of aliphatic hydroxyl groups is 4. The lowest BCUT2D eigenvalue weighted by Gasteiger charge is -2.43. The van der Waals surface area contributed by atoms with Gasteiger partial charge in [-0.05, 0) is 31.5 Å². The molecule has 0 amide bonds. The number of halogens is 3. The lowest BCUT2D eigenvalue weighted by atomic mass is 9.94. The number of hydrogen-bond donors (Lipinski definition) is 4. The fourth-order valence-electron chi connectivity index (χ4n) is 3.41. The van der Waals surface area contributed by atoms with E-state index in [4.69, 9.17) is 4.74 Å². The monoisotopic (exact) mass is 407 g/mol. The van der Waals surface area contributed by atoms with E-state index in [0.717, 1.165) is 25.3 Å². The number of para-hydroxylation sites is 1. The highest BCUT2D eigenvalue weighted by Crippen LogP contribution is 2.35. The molecule has 0 aliphatic carbocycles. The third-order valence-electron chi connectivity index (χ3n) is 5.01. The standard InChI is InChI=1S/C19H28F3NO5/c20-19(21,22)13-7-3-4-8-16(13)28-10-6-2-1-5-9-23-11-15(25)18(27)17(26)14(23)12-24/h3-4,7-8,14-15,17-18,24-27H,1-2,5-6,9-12H2/t14-,15+,17-,18-/m1/s1. The topological polar surface area (TPSA) is 93.4 Å². The fraction of sp³-hybridized carbons (Fsp3) is 0.684. The summed E-state index contributed by atoms with van der Waals surface area (Å²) in [5, 5.41) is 38.8. The minimum Gasteiger partial charge on any atom is -0.493 e. The van der Waals surface area contributed by atoms with E-state index in [0.29, 0.717) is 13.0 Å². The lowest BCUT2D eigenvalue weighted by Crippen LogP contribution is -2.62. The molecule has 1 heterocycles. The van der Waals surface area contributed by atoms with Crippen LogP contribution in [-0.2, 0) is 6.18 Å². The molecule has 1 fully saturated rings. The Morgan fingerprint density at radius 3 is 2.36 bits per heavy atom. The van der Waals surface area contributed by atoms with Crippen molar-refractivity contribution < 1.29 is 38.3 Å². The maximum Gasteiger partial charge on any atom is 0.419 e. The Morgan fingerprint density at radius 1 is 1.00 bits per heavy atom. The summed E-state index contributed by atoms with van der Waals surface area (Å²) in [5.41, 5.74) is -0.783. The molecule has 2 rings (SSSR count). The lowest BCUT2D eigenvalue weighted by molar-refractivity contribution is -0.145. The quantitative estimate of drug-likeness (QED) is 0.463. The Labute approximate surface area is 162 Å². The highest BCUT2D eigenvalue weighted by molar-refractivity contribution is 5.35. The number of ether oxygens (including phenoxy) is 1. The summed E-state index contributed by atoms with van der Waals surface area (Å²) in [5.74, 6) is -0.171. The van der Waals surface area contributed by atoms with E-state index >= 15 is 0 Å². The predicted molar refractivity (Wildman–Crippen MR) is 95.9 cm³/mol. The van der Waals surface area contributed by atoms with Crippen molar-refractivity contribution in [3.05, 3.63) is 29.8 Å². The first kappa shape index (κ1) is 22.9. The van der Waals surface area contributed by atoms with Crippen LogP contribution in [0.1, 0.15) is 31.2 Å². The van der Waals surface area contributed by atoms with E-state index in [2.05, 4.69) is 0 Å². The molecule has 0 unspecified atom stereocenters. The third kappa shape index (κ3) is 6.05. The van der Waals surface area contributed by atoms with Crippen molar-refractivity contribution in [1.29, 1.82) is 0 Å². The summed E-state index contributed by atoms with van der Waals surface area (Å²) in [7, 11) is 0. The minimum absolute atomic E-state index is 0.167. The van der Waals surface area contributed by atoms with Gasteiger partial charge < -0.3 is 25.2 Å². The van der Waals surface area contributed by atoms with Crippen molar-refractivity contribution in [2.75, 3.05) is 26.3 Å². The zero-order valence-corrected chi connectivity index (χ0v) is 15.6. The first-order chi connectivity index (χ1) is 13.3. The van der Waals surface area contributed by atoms with Gasteiger partial charge in [-0.2, -0.15) is 13.2 Å². The van der Waals surface area contributed by atoms with Crippen molar-refractivity contribution in [1.82, 2.24) is 4.90 Å². The van der Waals surface area contributed by atoms with Crippen LogP contribution < -0.4 is 4.74 Å². The van der Waals surface area contributed by atoms with E-state index in [-0.39, 0.29) is 25.5 Å². The highest BCUT2D eigenvalue weighted by Gasteiger charge is 2.40. The molecule has 0 bridgehead atoms. The molecule has 160 valence electrons. The van der Waals surface area contributed by atoms with Crippen LogP contribution in [0.4, 0.5) is 13.2 Å². The van der Waals surface area contributed by atoms with Gasteiger partial charge in [-0.1, -0.05) is 25.0 Å². The van der Waals surface area contributed by atoms with Crippen LogP contribution >= 0.6 is 0 Å². The number of β-amino-alcohol motifs (C(OH)–C–C–N with tert-alkyl or cyclic N) is 1. The molecule has 1 aromatic carbocycles. The Balaban J connectivity index is 1.68. The molecule has 9 heteroatoms. The van der Waals surface area contributed by atoms with E-state index in [1.807, 2.05) is 0 Å². The number of rotatable bonds is 9. The van der Waals surface area contributed by atoms with Gasteiger partial charge in [0.1, 0.15) is 18.0 Å². The van der Waals surface area contributed by atoms with Crippen LogP contribution in [0.3, 0.4) is 0 Å². The summed E-state index contributed by atoms with van der Waals surface area (Å²) >= 11 is 0. The van der Waals surface area contributed by atoms with Gasteiger partial charge in [0.15, 0.2) is 0 Å². The fourth-order valence-corrected chi connectivity index (χ4v) is 3.41. The van der Waals surface area contributed by atoms with Gasteiger partial charge in [-0.25, -0.2) is 0 Å². The molecule has 0 spiro atoms. The highest BCUT2D eigenvalue weighted by atomic mass is 19.4. The molecular weight excluding hydrogens is 379 g/mol. The molecule has 28 heavy (non-hydrogen) atoms. The first-order valence-electron chi connectivity index (χ1n) is 9.44. The normalized spacial score (nSPS) is 26.4. The Hall–Kier alpha value is -1.39. The Kier molecular flexibility index (Phi) is 8.51. The van der Waals surface area contributed by atoms with Crippen molar-refractivity contribution in [3.8, 4) is 5.75 Å². The zero-order chi connectivity index (χ0) is 20.7. The second-order valence-electron chi connectivity index (χ2n) is 7.05. The number of piperidine rings is 1.